The van der Waals surface area contributed by atoms with Crippen LogP contribution in [-0.4, -0.2) is 20.0 Å². The summed E-state index contributed by atoms with van der Waals surface area (Å²) in [6.45, 7) is 0.493. The number of nitrogens with zero attached hydrogens (tertiary/aromatic N) is 3. The molecular formula is C21H16Cl2FN3O. The molecule has 0 fully saturated rings. The molecule has 2 heterocycles. The van der Waals surface area contributed by atoms with Crippen molar-refractivity contribution in [3.8, 4) is 16.8 Å². The van der Waals surface area contributed by atoms with Gasteiger partial charge in [-0.1, -0.05) is 23.7 Å². The minimum atomic E-state index is -0.325. The molecule has 4 nitrogen and oxygen atoms in total. The Bertz CT molecular complexity index is 1180. The minimum Gasteiger partial charge on any atom is -0.300 e. The first-order valence-corrected chi connectivity index (χ1v) is 9.68. The molecule has 28 heavy (non-hydrogen) atoms. The Balaban J connectivity index is 1.98. The summed E-state index contributed by atoms with van der Waals surface area (Å²) in [7, 11) is 0. The lowest BCUT2D eigenvalue weighted by Gasteiger charge is -2.07. The quantitative estimate of drug-likeness (QED) is 0.416. The Hall–Kier alpha value is -2.63. The molecule has 0 saturated carbocycles. The maximum absolute atomic E-state index is 13.4. The highest BCUT2D eigenvalue weighted by molar-refractivity contribution is 6.30. The Labute approximate surface area is 170 Å². The zero-order valence-corrected chi connectivity index (χ0v) is 16.3. The second-order valence-corrected chi connectivity index (χ2v) is 7.19. The summed E-state index contributed by atoms with van der Waals surface area (Å²) in [4.78, 5) is 17.7. The smallest absolute Gasteiger partial charge is 0.263 e. The zero-order chi connectivity index (χ0) is 19.7. The van der Waals surface area contributed by atoms with Gasteiger partial charge in [0.05, 0.1) is 11.7 Å². The molecule has 0 aliphatic carbocycles. The van der Waals surface area contributed by atoms with E-state index in [1.165, 1.54) is 18.5 Å². The van der Waals surface area contributed by atoms with Gasteiger partial charge >= 0.3 is 0 Å². The molecule has 0 atom stereocenters. The number of aryl methyl sites for hydroxylation is 1. The Morgan fingerprint density at radius 2 is 1.75 bits per heavy atom. The number of benzene rings is 2. The Morgan fingerprint density at radius 1 is 1.04 bits per heavy atom. The lowest BCUT2D eigenvalue weighted by Crippen LogP contribution is -2.21. The molecule has 2 aromatic heterocycles. The Morgan fingerprint density at radius 3 is 2.43 bits per heavy atom. The molecule has 0 radical (unpaired) electrons. The van der Waals surface area contributed by atoms with E-state index in [1.807, 2.05) is 18.3 Å². The summed E-state index contributed by atoms with van der Waals surface area (Å²) in [5.41, 5.74) is 2.69. The van der Waals surface area contributed by atoms with Crippen molar-refractivity contribution in [1.29, 1.82) is 0 Å². The first-order valence-electron chi connectivity index (χ1n) is 8.77. The lowest BCUT2D eigenvalue weighted by molar-refractivity contribution is 0.627. The second-order valence-electron chi connectivity index (χ2n) is 6.38. The number of rotatable bonds is 5. The van der Waals surface area contributed by atoms with E-state index in [0.29, 0.717) is 34.9 Å². The van der Waals surface area contributed by atoms with E-state index in [-0.39, 0.29) is 11.4 Å². The first kappa shape index (κ1) is 18.7. The fourth-order valence-electron chi connectivity index (χ4n) is 3.19. The number of fused-ring (bicyclic) bond motifs is 1. The fraction of sp³-hybridized carbons (Fsp3) is 0.143. The summed E-state index contributed by atoms with van der Waals surface area (Å²) in [5.74, 6) is 0.139. The van der Waals surface area contributed by atoms with Crippen molar-refractivity contribution >= 4 is 34.2 Å². The molecule has 4 rings (SSSR count). The molecule has 0 amide bonds. The summed E-state index contributed by atoms with van der Waals surface area (Å²) < 4.78 is 16.7. The van der Waals surface area contributed by atoms with Gasteiger partial charge in [-0.3, -0.25) is 9.36 Å². The standard InChI is InChI=1S/C21H16Cl2FN3O/c22-10-1-11-26-13-25-20-19(21(26)28)18(14-2-4-15(23)5-3-14)12-27(20)17-8-6-16(24)7-9-17/h2-9,12-13H,1,10-11H2. The Kier molecular flexibility index (Phi) is 5.20. The fourth-order valence-corrected chi connectivity index (χ4v) is 3.44. The van der Waals surface area contributed by atoms with Crippen LogP contribution in [0.4, 0.5) is 4.39 Å². The maximum Gasteiger partial charge on any atom is 0.263 e. The van der Waals surface area contributed by atoms with Crippen LogP contribution in [0.3, 0.4) is 0 Å². The summed E-state index contributed by atoms with van der Waals surface area (Å²) in [5, 5.41) is 1.12. The van der Waals surface area contributed by atoms with Gasteiger partial charge < -0.3 is 4.57 Å². The monoisotopic (exact) mass is 415 g/mol. The van der Waals surface area contributed by atoms with Gasteiger partial charge in [0, 0.05) is 34.9 Å². The highest BCUT2D eigenvalue weighted by atomic mass is 35.5. The van der Waals surface area contributed by atoms with Gasteiger partial charge in [0.25, 0.3) is 5.56 Å². The molecule has 142 valence electrons. The number of hydrogen-bond acceptors (Lipinski definition) is 2. The van der Waals surface area contributed by atoms with E-state index in [1.54, 1.807) is 33.4 Å². The third-order valence-electron chi connectivity index (χ3n) is 4.57. The van der Waals surface area contributed by atoms with Crippen molar-refractivity contribution in [1.82, 2.24) is 14.1 Å². The van der Waals surface area contributed by atoms with Gasteiger partial charge in [-0.25, -0.2) is 9.37 Å². The van der Waals surface area contributed by atoms with Crippen LogP contribution < -0.4 is 5.56 Å². The summed E-state index contributed by atoms with van der Waals surface area (Å²) in [6.07, 6.45) is 4.05. The SMILES string of the molecule is O=c1c2c(-c3ccc(Cl)cc3)cn(-c3ccc(F)cc3)c2ncn1CCCCl. The molecule has 0 N–H and O–H groups in total. The topological polar surface area (TPSA) is 39.8 Å². The van der Waals surface area contributed by atoms with Gasteiger partial charge in [-0.05, 0) is 48.4 Å². The van der Waals surface area contributed by atoms with Crippen LogP contribution >= 0.6 is 23.2 Å². The highest BCUT2D eigenvalue weighted by Gasteiger charge is 2.17. The minimum absolute atomic E-state index is 0.138. The van der Waals surface area contributed by atoms with Crippen molar-refractivity contribution in [2.24, 2.45) is 0 Å². The number of aromatic nitrogens is 3. The van der Waals surface area contributed by atoms with Crippen LogP contribution in [0.5, 0.6) is 0 Å². The van der Waals surface area contributed by atoms with Crippen LogP contribution in [-0.2, 0) is 6.54 Å². The van der Waals surface area contributed by atoms with Crippen molar-refractivity contribution in [3.05, 3.63) is 82.2 Å². The number of alkyl halides is 1. The van der Waals surface area contributed by atoms with Crippen LogP contribution in [0.15, 0.2) is 65.8 Å². The van der Waals surface area contributed by atoms with Crippen LogP contribution in [0.2, 0.25) is 5.02 Å². The number of hydrogen-bond donors (Lipinski definition) is 0. The molecule has 0 saturated heterocycles. The molecular weight excluding hydrogens is 400 g/mol. The summed E-state index contributed by atoms with van der Waals surface area (Å²) in [6, 6.07) is 13.3. The molecule has 0 spiro atoms. The van der Waals surface area contributed by atoms with E-state index < -0.39 is 0 Å². The van der Waals surface area contributed by atoms with Crippen molar-refractivity contribution in [2.75, 3.05) is 5.88 Å². The van der Waals surface area contributed by atoms with Gasteiger partial charge in [0.2, 0.25) is 0 Å². The van der Waals surface area contributed by atoms with Gasteiger partial charge in [0.1, 0.15) is 5.82 Å². The number of halogens is 3. The van der Waals surface area contributed by atoms with Crippen molar-refractivity contribution in [2.45, 2.75) is 13.0 Å². The van der Waals surface area contributed by atoms with E-state index >= 15 is 0 Å². The van der Waals surface area contributed by atoms with Gasteiger partial charge in [0.15, 0.2) is 5.65 Å². The normalized spacial score (nSPS) is 11.2. The third kappa shape index (κ3) is 3.43. The van der Waals surface area contributed by atoms with Gasteiger partial charge in [-0.2, -0.15) is 0 Å². The first-order chi connectivity index (χ1) is 13.6. The maximum atomic E-state index is 13.4. The average Bonchev–Trinajstić information content (AvgIpc) is 3.09. The lowest BCUT2D eigenvalue weighted by atomic mass is 10.1. The molecule has 7 heteroatoms. The molecule has 0 aliphatic heterocycles. The van der Waals surface area contributed by atoms with Crippen LogP contribution in [0, 0.1) is 5.82 Å². The molecule has 0 bridgehead atoms. The van der Waals surface area contributed by atoms with E-state index in [4.69, 9.17) is 23.2 Å². The van der Waals surface area contributed by atoms with E-state index in [9.17, 15) is 9.18 Å². The highest BCUT2D eigenvalue weighted by Crippen LogP contribution is 2.30. The third-order valence-corrected chi connectivity index (χ3v) is 5.09. The average molecular weight is 416 g/mol. The van der Waals surface area contributed by atoms with Crippen molar-refractivity contribution < 1.29 is 4.39 Å². The second kappa shape index (κ2) is 7.78. The van der Waals surface area contributed by atoms with Crippen LogP contribution in [0.1, 0.15) is 6.42 Å². The van der Waals surface area contributed by atoms with E-state index in [0.717, 1.165) is 16.8 Å². The van der Waals surface area contributed by atoms with Gasteiger partial charge in [-0.15, -0.1) is 11.6 Å². The predicted molar refractivity (Wildman–Crippen MR) is 111 cm³/mol. The molecule has 0 aliphatic rings. The van der Waals surface area contributed by atoms with E-state index in [2.05, 4.69) is 4.98 Å². The molecule has 0 unspecified atom stereocenters. The summed E-state index contributed by atoms with van der Waals surface area (Å²) >= 11 is 11.8. The largest absolute Gasteiger partial charge is 0.300 e. The predicted octanol–water partition coefficient (Wildman–Crippen LogP) is 5.28. The van der Waals surface area contributed by atoms with Crippen molar-refractivity contribution in [3.63, 3.8) is 0 Å². The zero-order valence-electron chi connectivity index (χ0n) is 14.8. The molecule has 2 aromatic carbocycles. The van der Waals surface area contributed by atoms with Crippen LogP contribution in [0.25, 0.3) is 27.8 Å². The molecule has 4 aromatic rings.